The van der Waals surface area contributed by atoms with E-state index in [2.05, 4.69) is 5.32 Å². The highest BCUT2D eigenvalue weighted by atomic mass is 32.2. The minimum Gasteiger partial charge on any atom is -0.444 e. The second-order valence-electron chi connectivity index (χ2n) is 8.02. The molecule has 2 amide bonds. The van der Waals surface area contributed by atoms with E-state index in [1.54, 1.807) is 6.92 Å². The number of carbonyl (C=O) groups is 3. The number of alkyl carbamates (subject to hydrolysis) is 1. The molecule has 0 aromatic heterocycles. The van der Waals surface area contributed by atoms with Gasteiger partial charge in [0.15, 0.2) is 5.12 Å². The Morgan fingerprint density at radius 3 is 2.60 bits per heavy atom. The summed E-state index contributed by atoms with van der Waals surface area (Å²) < 4.78 is 5.37. The lowest BCUT2D eigenvalue weighted by molar-refractivity contribution is -0.130. The summed E-state index contributed by atoms with van der Waals surface area (Å²) in [5.74, 6) is 1.04. The van der Waals surface area contributed by atoms with Crippen LogP contribution in [0.2, 0.25) is 0 Å². The second kappa shape index (κ2) is 8.43. The quantitative estimate of drug-likeness (QED) is 0.823. The summed E-state index contributed by atoms with van der Waals surface area (Å²) >= 11 is 1.29. The molecule has 142 valence electrons. The van der Waals surface area contributed by atoms with E-state index in [0.717, 1.165) is 25.7 Å². The molecule has 1 aliphatic heterocycles. The smallest absolute Gasteiger partial charge is 0.407 e. The third kappa shape index (κ3) is 6.20. The van der Waals surface area contributed by atoms with Gasteiger partial charge in [-0.15, -0.1) is 0 Å². The molecule has 0 aromatic rings. The van der Waals surface area contributed by atoms with E-state index < -0.39 is 11.7 Å². The van der Waals surface area contributed by atoms with Crippen LogP contribution in [0.15, 0.2) is 0 Å². The number of thioether (sulfide) groups is 1. The van der Waals surface area contributed by atoms with Crippen molar-refractivity contribution in [2.75, 3.05) is 12.3 Å². The minimum absolute atomic E-state index is 0.0288. The number of nitrogens with one attached hydrogen (secondary N) is 1. The fraction of sp³-hybridized carbons (Fsp3) is 0.833. The first-order chi connectivity index (χ1) is 11.7. The Kier molecular flexibility index (Phi) is 6.77. The van der Waals surface area contributed by atoms with Crippen LogP contribution in [0.4, 0.5) is 4.79 Å². The maximum absolute atomic E-state index is 12.5. The monoisotopic (exact) mass is 370 g/mol. The van der Waals surface area contributed by atoms with Crippen LogP contribution in [0.25, 0.3) is 0 Å². The fourth-order valence-electron chi connectivity index (χ4n) is 3.59. The summed E-state index contributed by atoms with van der Waals surface area (Å²) in [7, 11) is 0. The van der Waals surface area contributed by atoms with Gasteiger partial charge in [-0.25, -0.2) is 4.79 Å². The standard InChI is InChI=1S/C18H30N2O4S/c1-12(21)25-11-13-9-16(22)20(10-13)15-8-6-5-7-14(15)19-17(23)24-18(2,3)4/h13-15H,5-11H2,1-4H3,(H,19,23). The third-order valence-corrected chi connectivity index (χ3v) is 5.64. The van der Waals surface area contributed by atoms with Gasteiger partial charge in [0.2, 0.25) is 5.91 Å². The van der Waals surface area contributed by atoms with Crippen molar-refractivity contribution in [3.05, 3.63) is 0 Å². The Labute approximate surface area is 154 Å². The fourth-order valence-corrected chi connectivity index (χ4v) is 4.28. The molecule has 2 fully saturated rings. The van der Waals surface area contributed by atoms with Gasteiger partial charge in [0.1, 0.15) is 5.60 Å². The zero-order chi connectivity index (χ0) is 18.6. The average molecular weight is 371 g/mol. The van der Waals surface area contributed by atoms with Gasteiger partial charge in [-0.1, -0.05) is 24.6 Å². The first kappa shape index (κ1) is 20.1. The summed E-state index contributed by atoms with van der Waals surface area (Å²) in [6, 6.07) is -0.0344. The van der Waals surface area contributed by atoms with Gasteiger partial charge in [-0.2, -0.15) is 0 Å². The minimum atomic E-state index is -0.535. The van der Waals surface area contributed by atoms with Crippen molar-refractivity contribution in [3.8, 4) is 0 Å². The van der Waals surface area contributed by atoms with Gasteiger partial charge in [0.05, 0.1) is 12.1 Å². The van der Waals surface area contributed by atoms with Gasteiger partial charge in [-0.3, -0.25) is 9.59 Å². The molecule has 3 unspecified atom stereocenters. The van der Waals surface area contributed by atoms with E-state index in [1.807, 2.05) is 25.7 Å². The summed E-state index contributed by atoms with van der Waals surface area (Å²) in [6.07, 6.45) is 3.95. The van der Waals surface area contributed by atoms with Crippen LogP contribution in [0, 0.1) is 5.92 Å². The molecule has 1 heterocycles. The zero-order valence-electron chi connectivity index (χ0n) is 15.7. The molecular weight excluding hydrogens is 340 g/mol. The summed E-state index contributed by atoms with van der Waals surface area (Å²) in [5, 5.41) is 3.06. The van der Waals surface area contributed by atoms with Crippen LogP contribution in [0.1, 0.15) is 59.8 Å². The predicted octanol–water partition coefficient (Wildman–Crippen LogP) is 2.95. The number of rotatable bonds is 4. The highest BCUT2D eigenvalue weighted by Gasteiger charge is 2.39. The predicted molar refractivity (Wildman–Crippen MR) is 98.4 cm³/mol. The molecule has 0 radical (unpaired) electrons. The van der Waals surface area contributed by atoms with Crippen molar-refractivity contribution in [1.82, 2.24) is 10.2 Å². The van der Waals surface area contributed by atoms with Crippen molar-refractivity contribution in [1.29, 1.82) is 0 Å². The molecule has 7 heteroatoms. The zero-order valence-corrected chi connectivity index (χ0v) is 16.5. The van der Waals surface area contributed by atoms with Crippen LogP contribution < -0.4 is 5.32 Å². The molecule has 1 N–H and O–H groups in total. The SMILES string of the molecule is CC(=O)SCC1CC(=O)N(C2CCCCC2NC(=O)OC(C)(C)C)C1. The Morgan fingerprint density at radius 1 is 1.28 bits per heavy atom. The van der Waals surface area contributed by atoms with Gasteiger partial charge in [-0.05, 0) is 39.5 Å². The van der Waals surface area contributed by atoms with Crippen molar-refractivity contribution in [2.24, 2.45) is 5.92 Å². The molecule has 3 atom stereocenters. The number of hydrogen-bond donors (Lipinski definition) is 1. The first-order valence-corrected chi connectivity index (χ1v) is 10.1. The van der Waals surface area contributed by atoms with Gasteiger partial charge in [0, 0.05) is 25.6 Å². The molecule has 1 aliphatic carbocycles. The van der Waals surface area contributed by atoms with Crippen molar-refractivity contribution in [3.63, 3.8) is 0 Å². The number of hydrogen-bond acceptors (Lipinski definition) is 5. The van der Waals surface area contributed by atoms with E-state index in [0.29, 0.717) is 18.7 Å². The Bertz CT molecular complexity index is 518. The second-order valence-corrected chi connectivity index (χ2v) is 9.22. The molecule has 1 saturated carbocycles. The highest BCUT2D eigenvalue weighted by Crippen LogP contribution is 2.30. The van der Waals surface area contributed by atoms with Crippen LogP contribution in [-0.2, 0) is 14.3 Å². The van der Waals surface area contributed by atoms with Gasteiger partial charge >= 0.3 is 6.09 Å². The normalized spacial score (nSPS) is 27.3. The lowest BCUT2D eigenvalue weighted by Crippen LogP contribution is -2.54. The Hall–Kier alpha value is -1.24. The summed E-state index contributed by atoms with van der Waals surface area (Å²) in [6.45, 7) is 7.75. The molecule has 25 heavy (non-hydrogen) atoms. The van der Waals surface area contributed by atoms with Crippen molar-refractivity contribution < 1.29 is 19.1 Å². The largest absolute Gasteiger partial charge is 0.444 e. The van der Waals surface area contributed by atoms with Gasteiger partial charge < -0.3 is 15.0 Å². The summed E-state index contributed by atoms with van der Waals surface area (Å²) in [5.41, 5.74) is -0.535. The maximum atomic E-state index is 12.5. The number of amides is 2. The topological polar surface area (TPSA) is 75.7 Å². The summed E-state index contributed by atoms with van der Waals surface area (Å²) in [4.78, 5) is 37.7. The lowest BCUT2D eigenvalue weighted by Gasteiger charge is -2.38. The van der Waals surface area contributed by atoms with Gasteiger partial charge in [0.25, 0.3) is 0 Å². The lowest BCUT2D eigenvalue weighted by atomic mass is 9.89. The number of nitrogens with zero attached hydrogens (tertiary/aromatic N) is 1. The van der Waals surface area contributed by atoms with Crippen LogP contribution in [-0.4, -0.2) is 52.0 Å². The van der Waals surface area contributed by atoms with E-state index in [1.165, 1.54) is 11.8 Å². The van der Waals surface area contributed by atoms with Crippen LogP contribution in [0.5, 0.6) is 0 Å². The molecule has 2 rings (SSSR count). The molecule has 1 saturated heterocycles. The maximum Gasteiger partial charge on any atom is 0.407 e. The Balaban J connectivity index is 1.96. The number of carbonyl (C=O) groups excluding carboxylic acids is 3. The molecular formula is C18H30N2O4S. The third-order valence-electron chi connectivity index (χ3n) is 4.59. The van der Waals surface area contributed by atoms with Crippen molar-refractivity contribution >= 4 is 28.9 Å². The molecule has 0 bridgehead atoms. The number of ether oxygens (including phenoxy) is 1. The molecule has 2 aliphatic rings. The number of likely N-dealkylation sites (tertiary alicyclic amines) is 1. The van der Waals surface area contributed by atoms with Crippen molar-refractivity contribution in [2.45, 2.75) is 77.5 Å². The average Bonchev–Trinajstić information content (AvgIpc) is 2.84. The molecule has 0 spiro atoms. The molecule has 0 aromatic carbocycles. The van der Waals surface area contributed by atoms with E-state index in [9.17, 15) is 14.4 Å². The van der Waals surface area contributed by atoms with Crippen LogP contribution >= 0.6 is 11.8 Å². The van der Waals surface area contributed by atoms with Crippen LogP contribution in [0.3, 0.4) is 0 Å². The van der Waals surface area contributed by atoms with E-state index in [-0.39, 0.29) is 29.0 Å². The molecule has 6 nitrogen and oxygen atoms in total. The van der Waals surface area contributed by atoms with E-state index >= 15 is 0 Å². The highest BCUT2D eigenvalue weighted by molar-refractivity contribution is 8.13. The first-order valence-electron chi connectivity index (χ1n) is 9.08. The Morgan fingerprint density at radius 2 is 1.96 bits per heavy atom. The van der Waals surface area contributed by atoms with E-state index in [4.69, 9.17) is 4.74 Å².